The minimum absolute atomic E-state index is 0.0852. The van der Waals surface area contributed by atoms with Gasteiger partial charge in [-0.1, -0.05) is 13.8 Å². The van der Waals surface area contributed by atoms with Crippen molar-refractivity contribution in [2.24, 2.45) is 5.73 Å². The number of anilines is 2. The molecule has 0 fully saturated rings. The monoisotopic (exact) mass is 569 g/mol. The first-order valence-electron chi connectivity index (χ1n) is 13.5. The van der Waals surface area contributed by atoms with Crippen LogP contribution in [0, 0.1) is 0 Å². The number of hydrogen-bond acceptors (Lipinski definition) is 10. The molecule has 0 unspecified atom stereocenters. The summed E-state index contributed by atoms with van der Waals surface area (Å²) in [6.07, 6.45) is 3.30. The summed E-state index contributed by atoms with van der Waals surface area (Å²) in [7, 11) is -3.18. The van der Waals surface area contributed by atoms with Crippen LogP contribution >= 0.6 is 0 Å². The zero-order valence-electron chi connectivity index (χ0n) is 24.4. The number of carbonyl (C=O) groups is 1. The lowest BCUT2D eigenvalue weighted by Gasteiger charge is -2.36. The Kier molecular flexibility index (Phi) is 7.85. The van der Waals surface area contributed by atoms with Crippen molar-refractivity contribution in [3.05, 3.63) is 47.4 Å². The largest absolute Gasteiger partial charge is 0.474 e. The van der Waals surface area contributed by atoms with E-state index in [1.54, 1.807) is 38.4 Å². The van der Waals surface area contributed by atoms with Crippen LogP contribution in [0.2, 0.25) is 0 Å². The molecule has 0 bridgehead atoms. The van der Waals surface area contributed by atoms with Gasteiger partial charge in [-0.05, 0) is 70.7 Å². The molecule has 40 heavy (non-hydrogen) atoms. The van der Waals surface area contributed by atoms with Gasteiger partial charge in [0.2, 0.25) is 5.88 Å². The Morgan fingerprint density at radius 1 is 1.15 bits per heavy atom. The fourth-order valence-corrected chi connectivity index (χ4v) is 5.95. The van der Waals surface area contributed by atoms with Gasteiger partial charge >= 0.3 is 5.97 Å². The van der Waals surface area contributed by atoms with Crippen LogP contribution in [0.4, 0.5) is 11.6 Å². The molecule has 1 aliphatic rings. The third-order valence-electron chi connectivity index (χ3n) is 7.63. The van der Waals surface area contributed by atoms with E-state index >= 15 is 0 Å². The highest BCUT2D eigenvalue weighted by Gasteiger charge is 2.40. The number of fused-ring (bicyclic) bond motifs is 2. The van der Waals surface area contributed by atoms with E-state index in [0.717, 1.165) is 10.9 Å². The number of carbonyl (C=O) groups excluding carboxylic acids is 1. The summed E-state index contributed by atoms with van der Waals surface area (Å²) in [4.78, 5) is 26.3. The van der Waals surface area contributed by atoms with Crippen molar-refractivity contribution in [1.82, 2.24) is 15.0 Å². The number of ether oxygens (including phenoxy) is 2. The van der Waals surface area contributed by atoms with Crippen LogP contribution in [0.1, 0.15) is 89.3 Å². The number of sulfone groups is 1. The van der Waals surface area contributed by atoms with Crippen molar-refractivity contribution in [1.29, 1.82) is 0 Å². The summed E-state index contributed by atoms with van der Waals surface area (Å²) < 4.78 is 36.2. The normalized spacial score (nSPS) is 18.5. The van der Waals surface area contributed by atoms with Crippen molar-refractivity contribution >= 4 is 38.2 Å². The lowest BCUT2D eigenvalue weighted by atomic mass is 9.84. The standard InChI is InChI=1S/C29H39N5O5S/c1-9-40(36,37)17(3)12-16(2)38-26-21-14-31-24(13-20(21)22(15-32-26)28(5,6)30)33-23-11-10-19-25(34-23)18(4)29(7,8)39-27(19)35/h10-11,13-18H,9,12,30H2,1-8H3,(H,31,33,34)/t16-,17-,18-/m1/s1. The smallest absolute Gasteiger partial charge is 0.340 e. The Bertz CT molecular complexity index is 1550. The van der Waals surface area contributed by atoms with E-state index in [-0.39, 0.29) is 23.7 Å². The molecule has 0 spiro atoms. The molecule has 0 amide bonds. The second-order valence-corrected chi connectivity index (χ2v) is 14.4. The molecule has 3 atom stereocenters. The summed E-state index contributed by atoms with van der Waals surface area (Å²) in [6.45, 7) is 14.7. The van der Waals surface area contributed by atoms with Crippen LogP contribution in [0.25, 0.3) is 10.8 Å². The quantitative estimate of drug-likeness (QED) is 0.338. The third kappa shape index (κ3) is 5.90. The Morgan fingerprint density at radius 3 is 2.50 bits per heavy atom. The van der Waals surface area contributed by atoms with E-state index in [1.165, 1.54) is 0 Å². The molecule has 0 aromatic carbocycles. The highest BCUT2D eigenvalue weighted by Crippen LogP contribution is 2.38. The van der Waals surface area contributed by atoms with Gasteiger partial charge in [-0.2, -0.15) is 0 Å². The molecule has 3 aromatic rings. The number of nitrogens with one attached hydrogen (secondary N) is 1. The molecule has 4 heterocycles. The first-order chi connectivity index (χ1) is 18.5. The van der Waals surface area contributed by atoms with Crippen molar-refractivity contribution < 1.29 is 22.7 Å². The maximum absolute atomic E-state index is 12.5. The van der Waals surface area contributed by atoms with Crippen molar-refractivity contribution in [3.63, 3.8) is 0 Å². The summed E-state index contributed by atoms with van der Waals surface area (Å²) in [5, 5.41) is 4.18. The molecule has 0 aliphatic carbocycles. The first-order valence-corrected chi connectivity index (χ1v) is 15.2. The second-order valence-electron chi connectivity index (χ2n) is 11.7. The van der Waals surface area contributed by atoms with E-state index in [1.807, 2.05) is 47.6 Å². The van der Waals surface area contributed by atoms with E-state index in [9.17, 15) is 13.2 Å². The number of cyclic esters (lactones) is 1. The van der Waals surface area contributed by atoms with E-state index in [4.69, 9.17) is 20.2 Å². The summed E-state index contributed by atoms with van der Waals surface area (Å²) in [6, 6.07) is 5.30. The molecule has 11 heteroatoms. The first kappa shape index (κ1) is 29.7. The number of aromatic nitrogens is 3. The van der Waals surface area contributed by atoms with Gasteiger partial charge in [0.15, 0.2) is 9.84 Å². The van der Waals surface area contributed by atoms with Crippen LogP contribution < -0.4 is 15.8 Å². The molecule has 1 aliphatic heterocycles. The molecule has 3 N–H and O–H groups in total. The van der Waals surface area contributed by atoms with Gasteiger partial charge in [-0.25, -0.2) is 28.2 Å². The van der Waals surface area contributed by atoms with E-state index in [0.29, 0.717) is 40.6 Å². The van der Waals surface area contributed by atoms with Gasteiger partial charge in [0.25, 0.3) is 0 Å². The van der Waals surface area contributed by atoms with Crippen LogP contribution in [0.3, 0.4) is 0 Å². The molecular weight excluding hydrogens is 530 g/mol. The molecule has 3 aromatic heterocycles. The van der Waals surface area contributed by atoms with Gasteiger partial charge in [0.05, 0.1) is 28.0 Å². The molecule has 4 rings (SSSR count). The minimum atomic E-state index is -3.18. The average Bonchev–Trinajstić information content (AvgIpc) is 2.86. The molecular formula is C29H39N5O5S. The molecule has 0 radical (unpaired) electrons. The van der Waals surface area contributed by atoms with E-state index in [2.05, 4.69) is 15.3 Å². The van der Waals surface area contributed by atoms with Crippen molar-refractivity contribution in [2.45, 2.75) is 90.2 Å². The van der Waals surface area contributed by atoms with Gasteiger partial charge in [0, 0.05) is 36.0 Å². The van der Waals surface area contributed by atoms with Gasteiger partial charge in [-0.3, -0.25) is 0 Å². The SMILES string of the molecule is CCS(=O)(=O)[C@H](C)C[C@@H](C)Oc1ncc(C(C)(C)N)c2cc(Nc3ccc4c(n3)[C@@H](C)C(C)(C)OC4=O)ncc12. The van der Waals surface area contributed by atoms with Crippen LogP contribution in [0.5, 0.6) is 5.88 Å². The van der Waals surface area contributed by atoms with Gasteiger partial charge in [-0.15, -0.1) is 0 Å². The van der Waals surface area contributed by atoms with Crippen LogP contribution in [-0.4, -0.2) is 52.0 Å². The predicted octanol–water partition coefficient (Wildman–Crippen LogP) is 5.00. The molecule has 216 valence electrons. The average molecular weight is 570 g/mol. The predicted molar refractivity (Wildman–Crippen MR) is 156 cm³/mol. The number of rotatable bonds is 9. The van der Waals surface area contributed by atoms with Gasteiger partial charge in [0.1, 0.15) is 17.2 Å². The topological polar surface area (TPSA) is 146 Å². The Labute approximate surface area is 236 Å². The summed E-state index contributed by atoms with van der Waals surface area (Å²) in [5.41, 5.74) is 7.04. The fourth-order valence-electron chi connectivity index (χ4n) is 4.81. The van der Waals surface area contributed by atoms with Crippen molar-refractivity contribution in [2.75, 3.05) is 11.1 Å². The fraction of sp³-hybridized carbons (Fsp3) is 0.517. The molecule has 10 nitrogen and oxygen atoms in total. The Hall–Kier alpha value is -3.31. The Morgan fingerprint density at radius 2 is 1.85 bits per heavy atom. The minimum Gasteiger partial charge on any atom is -0.474 e. The zero-order chi connectivity index (χ0) is 29.6. The second kappa shape index (κ2) is 10.6. The van der Waals surface area contributed by atoms with Gasteiger partial charge < -0.3 is 20.5 Å². The molecule has 0 saturated carbocycles. The maximum atomic E-state index is 12.5. The highest BCUT2D eigenvalue weighted by molar-refractivity contribution is 7.91. The van der Waals surface area contributed by atoms with Crippen molar-refractivity contribution in [3.8, 4) is 5.88 Å². The van der Waals surface area contributed by atoms with Crippen LogP contribution in [0.15, 0.2) is 30.6 Å². The number of nitrogens with zero attached hydrogens (tertiary/aromatic N) is 3. The van der Waals surface area contributed by atoms with Crippen LogP contribution in [-0.2, 0) is 20.1 Å². The lowest BCUT2D eigenvalue weighted by Crippen LogP contribution is -2.39. The summed E-state index contributed by atoms with van der Waals surface area (Å²) >= 11 is 0. The Balaban J connectivity index is 1.68. The number of hydrogen-bond donors (Lipinski definition) is 2. The zero-order valence-corrected chi connectivity index (χ0v) is 25.2. The lowest BCUT2D eigenvalue weighted by molar-refractivity contribution is -0.0189. The van der Waals surface area contributed by atoms with E-state index < -0.39 is 26.2 Å². The highest BCUT2D eigenvalue weighted by atomic mass is 32.2. The molecule has 0 saturated heterocycles. The maximum Gasteiger partial charge on any atom is 0.340 e. The summed E-state index contributed by atoms with van der Waals surface area (Å²) in [5.74, 6) is 1.04. The number of nitrogens with two attached hydrogens (primary N) is 1. The third-order valence-corrected chi connectivity index (χ3v) is 9.85. The number of esters is 1. The number of pyridine rings is 3.